The molecular formula is C21H16N2O. The van der Waals surface area contributed by atoms with E-state index in [-0.39, 0.29) is 5.91 Å². The zero-order valence-corrected chi connectivity index (χ0v) is 13.1. The molecule has 3 heteroatoms. The Balaban J connectivity index is 1.50. The fraction of sp³-hybridized carbons (Fsp3) is 0.0476. The minimum absolute atomic E-state index is 0.144. The number of rotatable bonds is 3. The minimum Gasteiger partial charge on any atom is -0.323 e. The lowest BCUT2D eigenvalue weighted by Gasteiger charge is -2.06. The van der Waals surface area contributed by atoms with Gasteiger partial charge in [-0.1, -0.05) is 36.4 Å². The molecule has 3 nitrogen and oxygen atoms in total. The van der Waals surface area contributed by atoms with Crippen molar-refractivity contribution in [1.82, 2.24) is 4.98 Å². The molecule has 0 saturated heterocycles. The van der Waals surface area contributed by atoms with Crippen LogP contribution in [0.4, 0.5) is 5.69 Å². The molecule has 0 saturated carbocycles. The number of nitrogens with one attached hydrogen (secondary N) is 1. The average Bonchev–Trinajstić information content (AvgIpc) is 2.98. The lowest BCUT2D eigenvalue weighted by molar-refractivity contribution is -0.111. The van der Waals surface area contributed by atoms with E-state index in [4.69, 9.17) is 0 Å². The summed E-state index contributed by atoms with van der Waals surface area (Å²) in [5.41, 5.74) is 6.87. The lowest BCUT2D eigenvalue weighted by Crippen LogP contribution is -2.07. The zero-order chi connectivity index (χ0) is 16.4. The number of pyridine rings is 1. The first kappa shape index (κ1) is 14.4. The minimum atomic E-state index is -0.144. The molecule has 1 heterocycles. The van der Waals surface area contributed by atoms with E-state index in [1.54, 1.807) is 18.5 Å². The molecule has 0 unspecified atom stereocenters. The monoisotopic (exact) mass is 312 g/mol. The van der Waals surface area contributed by atoms with Crippen molar-refractivity contribution in [2.75, 3.05) is 5.32 Å². The summed E-state index contributed by atoms with van der Waals surface area (Å²) in [5, 5.41) is 2.92. The molecule has 3 aromatic rings. The SMILES string of the molecule is O=C(/C=C/c1cccnc1)Nc1ccc2c(c1)Cc1ccccc1-2. The van der Waals surface area contributed by atoms with E-state index in [1.807, 2.05) is 18.2 Å². The van der Waals surface area contributed by atoms with Crippen molar-refractivity contribution in [3.8, 4) is 11.1 Å². The van der Waals surface area contributed by atoms with Gasteiger partial charge < -0.3 is 5.32 Å². The molecule has 4 rings (SSSR count). The number of aromatic nitrogens is 1. The summed E-state index contributed by atoms with van der Waals surface area (Å²) < 4.78 is 0. The molecule has 1 aliphatic carbocycles. The Kier molecular flexibility index (Phi) is 3.67. The molecule has 0 fully saturated rings. The second-order valence-corrected chi connectivity index (χ2v) is 5.81. The van der Waals surface area contributed by atoms with Crippen LogP contribution in [0.5, 0.6) is 0 Å². The van der Waals surface area contributed by atoms with Crippen LogP contribution in [0.3, 0.4) is 0 Å². The summed E-state index contributed by atoms with van der Waals surface area (Å²) in [4.78, 5) is 16.1. The molecule has 0 radical (unpaired) electrons. The quantitative estimate of drug-likeness (QED) is 0.573. The van der Waals surface area contributed by atoms with Crippen molar-refractivity contribution in [3.63, 3.8) is 0 Å². The van der Waals surface area contributed by atoms with E-state index in [0.717, 1.165) is 17.7 Å². The number of carbonyl (C=O) groups excluding carboxylic acids is 1. The van der Waals surface area contributed by atoms with Gasteiger partial charge in [-0.3, -0.25) is 9.78 Å². The Labute approximate surface area is 140 Å². The van der Waals surface area contributed by atoms with Crippen LogP contribution < -0.4 is 5.32 Å². The maximum Gasteiger partial charge on any atom is 0.248 e. The molecule has 1 N–H and O–H groups in total. The first-order valence-corrected chi connectivity index (χ1v) is 7.90. The van der Waals surface area contributed by atoms with E-state index in [2.05, 4.69) is 46.7 Å². The number of anilines is 1. The summed E-state index contributed by atoms with van der Waals surface area (Å²) in [7, 11) is 0. The molecule has 1 aliphatic rings. The van der Waals surface area contributed by atoms with Crippen molar-refractivity contribution in [3.05, 3.63) is 89.8 Å². The topological polar surface area (TPSA) is 42.0 Å². The standard InChI is InChI=1S/C21H16N2O/c24-21(10-7-15-4-3-11-22-14-15)23-18-8-9-20-17(13-18)12-16-5-1-2-6-19(16)20/h1-11,13-14H,12H2,(H,23,24)/b10-7+. The molecule has 0 aliphatic heterocycles. The van der Waals surface area contributed by atoms with Gasteiger partial charge in [0, 0.05) is 24.2 Å². The van der Waals surface area contributed by atoms with Gasteiger partial charge in [0.15, 0.2) is 0 Å². The Bertz CT molecular complexity index is 930. The third-order valence-corrected chi connectivity index (χ3v) is 4.17. The highest BCUT2D eigenvalue weighted by atomic mass is 16.1. The van der Waals surface area contributed by atoms with Crippen LogP contribution in [-0.4, -0.2) is 10.9 Å². The summed E-state index contributed by atoms with van der Waals surface area (Å²) in [6, 6.07) is 18.3. The van der Waals surface area contributed by atoms with E-state index in [1.165, 1.54) is 28.3 Å². The average molecular weight is 312 g/mol. The van der Waals surface area contributed by atoms with E-state index < -0.39 is 0 Å². The summed E-state index contributed by atoms with van der Waals surface area (Å²) in [5.74, 6) is -0.144. The second-order valence-electron chi connectivity index (χ2n) is 5.81. The number of amides is 1. The van der Waals surface area contributed by atoms with Crippen molar-refractivity contribution < 1.29 is 4.79 Å². The van der Waals surface area contributed by atoms with Crippen LogP contribution in [0.25, 0.3) is 17.2 Å². The van der Waals surface area contributed by atoms with E-state index in [9.17, 15) is 4.79 Å². The number of hydrogen-bond donors (Lipinski definition) is 1. The van der Waals surface area contributed by atoms with Crippen LogP contribution in [0.1, 0.15) is 16.7 Å². The van der Waals surface area contributed by atoms with Gasteiger partial charge >= 0.3 is 0 Å². The molecule has 24 heavy (non-hydrogen) atoms. The molecule has 0 atom stereocenters. The van der Waals surface area contributed by atoms with Gasteiger partial charge in [0.2, 0.25) is 5.91 Å². The zero-order valence-electron chi connectivity index (χ0n) is 13.1. The molecule has 1 aromatic heterocycles. The largest absolute Gasteiger partial charge is 0.323 e. The van der Waals surface area contributed by atoms with Gasteiger partial charge in [0.1, 0.15) is 0 Å². The van der Waals surface area contributed by atoms with Gasteiger partial charge in [-0.05, 0) is 58.5 Å². The molecular weight excluding hydrogens is 296 g/mol. The van der Waals surface area contributed by atoms with Crippen molar-refractivity contribution in [2.45, 2.75) is 6.42 Å². The number of fused-ring (bicyclic) bond motifs is 3. The maximum absolute atomic E-state index is 12.1. The van der Waals surface area contributed by atoms with Crippen LogP contribution in [0.15, 0.2) is 73.1 Å². The number of carbonyl (C=O) groups is 1. The predicted octanol–water partition coefficient (Wildman–Crippen LogP) is 4.30. The van der Waals surface area contributed by atoms with E-state index in [0.29, 0.717) is 0 Å². The molecule has 0 bridgehead atoms. The van der Waals surface area contributed by atoms with Gasteiger partial charge in [-0.2, -0.15) is 0 Å². The fourth-order valence-corrected chi connectivity index (χ4v) is 3.05. The fourth-order valence-electron chi connectivity index (χ4n) is 3.05. The van der Waals surface area contributed by atoms with Gasteiger partial charge in [-0.15, -0.1) is 0 Å². The lowest BCUT2D eigenvalue weighted by atomic mass is 10.1. The molecule has 116 valence electrons. The van der Waals surface area contributed by atoms with E-state index >= 15 is 0 Å². The maximum atomic E-state index is 12.1. The van der Waals surface area contributed by atoms with Crippen LogP contribution in [0, 0.1) is 0 Å². The van der Waals surface area contributed by atoms with Crippen molar-refractivity contribution in [2.24, 2.45) is 0 Å². The Morgan fingerprint density at radius 2 is 1.88 bits per heavy atom. The summed E-state index contributed by atoms with van der Waals surface area (Å²) in [6.07, 6.45) is 7.63. The molecule has 2 aromatic carbocycles. The Morgan fingerprint density at radius 1 is 1.00 bits per heavy atom. The summed E-state index contributed by atoms with van der Waals surface area (Å²) in [6.45, 7) is 0. The van der Waals surface area contributed by atoms with Gasteiger partial charge in [-0.25, -0.2) is 0 Å². The Hall–Kier alpha value is -3.20. The smallest absolute Gasteiger partial charge is 0.248 e. The molecule has 1 amide bonds. The normalized spacial score (nSPS) is 12.0. The van der Waals surface area contributed by atoms with Crippen molar-refractivity contribution in [1.29, 1.82) is 0 Å². The first-order chi connectivity index (χ1) is 11.8. The van der Waals surface area contributed by atoms with Crippen LogP contribution >= 0.6 is 0 Å². The van der Waals surface area contributed by atoms with Gasteiger partial charge in [0.25, 0.3) is 0 Å². The third-order valence-electron chi connectivity index (χ3n) is 4.17. The van der Waals surface area contributed by atoms with Crippen LogP contribution in [-0.2, 0) is 11.2 Å². The first-order valence-electron chi connectivity index (χ1n) is 7.90. The van der Waals surface area contributed by atoms with Crippen LogP contribution in [0.2, 0.25) is 0 Å². The highest BCUT2D eigenvalue weighted by Gasteiger charge is 2.17. The number of benzene rings is 2. The second kappa shape index (κ2) is 6.13. The van der Waals surface area contributed by atoms with Gasteiger partial charge in [0.05, 0.1) is 0 Å². The summed E-state index contributed by atoms with van der Waals surface area (Å²) >= 11 is 0. The highest BCUT2D eigenvalue weighted by Crippen LogP contribution is 2.37. The number of hydrogen-bond acceptors (Lipinski definition) is 2. The number of nitrogens with zero attached hydrogens (tertiary/aromatic N) is 1. The Morgan fingerprint density at radius 3 is 2.75 bits per heavy atom. The van der Waals surface area contributed by atoms with Crippen molar-refractivity contribution >= 4 is 17.7 Å². The highest BCUT2D eigenvalue weighted by molar-refractivity contribution is 6.02. The molecule has 0 spiro atoms. The third kappa shape index (κ3) is 2.84. The predicted molar refractivity (Wildman–Crippen MR) is 96.6 cm³/mol.